The van der Waals surface area contributed by atoms with Crippen LogP contribution in [0.4, 0.5) is 4.39 Å². The molecule has 1 aliphatic carbocycles. The molecule has 1 atom stereocenters. The first-order valence-corrected chi connectivity index (χ1v) is 7.15. The zero-order chi connectivity index (χ0) is 12.3. The van der Waals surface area contributed by atoms with Gasteiger partial charge in [0, 0.05) is 0 Å². The Morgan fingerprint density at radius 1 is 1.35 bits per heavy atom. The van der Waals surface area contributed by atoms with Crippen molar-refractivity contribution in [3.05, 3.63) is 45.7 Å². The Morgan fingerprint density at radius 2 is 2.18 bits per heavy atom. The van der Waals surface area contributed by atoms with Crippen molar-refractivity contribution in [2.45, 2.75) is 37.5 Å². The first kappa shape index (κ1) is 13.1. The summed E-state index contributed by atoms with van der Waals surface area (Å²) in [5.74, 6) is -0.209. The molecule has 0 radical (unpaired) electrons. The molecule has 0 bridgehead atoms. The zero-order valence-corrected chi connectivity index (χ0v) is 11.9. The summed E-state index contributed by atoms with van der Waals surface area (Å²) in [6.45, 7) is 0. The highest BCUT2D eigenvalue weighted by Gasteiger charge is 2.10. The van der Waals surface area contributed by atoms with Gasteiger partial charge in [0.25, 0.3) is 0 Å². The predicted molar refractivity (Wildman–Crippen MR) is 74.0 cm³/mol. The van der Waals surface area contributed by atoms with Crippen LogP contribution in [0.1, 0.15) is 31.2 Å². The van der Waals surface area contributed by atoms with E-state index in [4.69, 9.17) is 11.6 Å². The lowest BCUT2D eigenvalue weighted by atomic mass is 10.0. The first-order chi connectivity index (χ1) is 8.15. The van der Waals surface area contributed by atoms with Gasteiger partial charge in [-0.3, -0.25) is 0 Å². The molecule has 1 aliphatic rings. The molecule has 0 saturated carbocycles. The molecule has 0 spiro atoms. The van der Waals surface area contributed by atoms with E-state index in [0.29, 0.717) is 4.47 Å². The van der Waals surface area contributed by atoms with Crippen molar-refractivity contribution in [3.63, 3.8) is 0 Å². The van der Waals surface area contributed by atoms with Crippen molar-refractivity contribution >= 4 is 27.5 Å². The topological polar surface area (TPSA) is 0 Å². The third-order valence-electron chi connectivity index (χ3n) is 3.06. The minimum absolute atomic E-state index is 0.163. The molecule has 1 unspecified atom stereocenters. The molecule has 92 valence electrons. The van der Waals surface area contributed by atoms with Crippen LogP contribution >= 0.6 is 27.5 Å². The van der Waals surface area contributed by atoms with Gasteiger partial charge in [-0.05, 0) is 59.3 Å². The van der Waals surface area contributed by atoms with Gasteiger partial charge in [0.05, 0.1) is 9.85 Å². The molecule has 0 amide bonds. The number of allylic oxidation sites excluding steroid dienone is 2. The minimum Gasteiger partial charge on any atom is -0.206 e. The van der Waals surface area contributed by atoms with Gasteiger partial charge in [-0.1, -0.05) is 24.1 Å². The molecule has 1 aromatic carbocycles. The van der Waals surface area contributed by atoms with Gasteiger partial charge in [0.1, 0.15) is 5.82 Å². The third kappa shape index (κ3) is 3.82. The summed E-state index contributed by atoms with van der Waals surface area (Å²) in [5, 5.41) is 0.163. The smallest absolute Gasteiger partial charge is 0.137 e. The second-order valence-electron chi connectivity index (χ2n) is 4.51. The van der Waals surface area contributed by atoms with Gasteiger partial charge in [0.15, 0.2) is 0 Å². The highest BCUT2D eigenvalue weighted by Crippen LogP contribution is 2.25. The average Bonchev–Trinajstić information content (AvgIpc) is 2.48. The Hall–Kier alpha value is -0.340. The summed E-state index contributed by atoms with van der Waals surface area (Å²) in [7, 11) is 0. The lowest BCUT2D eigenvalue weighted by molar-refractivity contribution is 0.620. The van der Waals surface area contributed by atoms with Gasteiger partial charge in [0.2, 0.25) is 0 Å². The number of alkyl halides is 1. The van der Waals surface area contributed by atoms with E-state index in [1.54, 1.807) is 0 Å². The summed E-state index contributed by atoms with van der Waals surface area (Å²) < 4.78 is 13.7. The molecule has 2 rings (SSSR count). The highest BCUT2D eigenvalue weighted by atomic mass is 79.9. The maximum atomic E-state index is 13.1. The molecule has 0 heterocycles. The van der Waals surface area contributed by atoms with Crippen LogP contribution in [0.25, 0.3) is 0 Å². The Balaban J connectivity index is 2.11. The summed E-state index contributed by atoms with van der Waals surface area (Å²) in [6, 6.07) is 5.20. The van der Waals surface area contributed by atoms with E-state index in [0.717, 1.165) is 24.8 Å². The monoisotopic (exact) mass is 316 g/mol. The fourth-order valence-electron chi connectivity index (χ4n) is 2.17. The average molecular weight is 318 g/mol. The van der Waals surface area contributed by atoms with Crippen molar-refractivity contribution < 1.29 is 4.39 Å². The molecule has 0 fully saturated rings. The summed E-state index contributed by atoms with van der Waals surface area (Å²) >= 11 is 9.41. The first-order valence-electron chi connectivity index (χ1n) is 5.93. The van der Waals surface area contributed by atoms with E-state index in [-0.39, 0.29) is 11.2 Å². The van der Waals surface area contributed by atoms with Gasteiger partial charge in [-0.2, -0.15) is 0 Å². The highest BCUT2D eigenvalue weighted by molar-refractivity contribution is 9.10. The second-order valence-corrected chi connectivity index (χ2v) is 5.93. The quantitative estimate of drug-likeness (QED) is 0.517. The Morgan fingerprint density at radius 3 is 2.94 bits per heavy atom. The minimum atomic E-state index is -0.209. The molecule has 0 aromatic heterocycles. The molecule has 1 aromatic rings. The predicted octanol–water partition coefficient (Wildman–Crippen LogP) is 5.24. The van der Waals surface area contributed by atoms with Gasteiger partial charge >= 0.3 is 0 Å². The second kappa shape index (κ2) is 6.01. The molecular weight excluding hydrogens is 303 g/mol. The Kier molecular flexibility index (Phi) is 4.63. The van der Waals surface area contributed by atoms with Crippen molar-refractivity contribution in [1.29, 1.82) is 0 Å². The lowest BCUT2D eigenvalue weighted by Gasteiger charge is -2.07. The maximum Gasteiger partial charge on any atom is 0.137 e. The summed E-state index contributed by atoms with van der Waals surface area (Å²) in [4.78, 5) is 0. The van der Waals surface area contributed by atoms with E-state index in [1.807, 2.05) is 12.1 Å². The zero-order valence-electron chi connectivity index (χ0n) is 9.56. The van der Waals surface area contributed by atoms with Crippen LogP contribution in [0.5, 0.6) is 0 Å². The van der Waals surface area contributed by atoms with Gasteiger partial charge < -0.3 is 0 Å². The van der Waals surface area contributed by atoms with E-state index >= 15 is 0 Å². The van der Waals surface area contributed by atoms with E-state index in [1.165, 1.54) is 24.5 Å². The molecule has 17 heavy (non-hydrogen) atoms. The van der Waals surface area contributed by atoms with E-state index < -0.39 is 0 Å². The molecule has 0 nitrogen and oxygen atoms in total. The van der Waals surface area contributed by atoms with Crippen molar-refractivity contribution in [3.8, 4) is 0 Å². The largest absolute Gasteiger partial charge is 0.206 e. The van der Waals surface area contributed by atoms with Crippen molar-refractivity contribution in [2.75, 3.05) is 0 Å². The standard InChI is InChI=1S/C14H15BrClF/c15-13-9-11(5-6-14(13)17)7-10-3-1-2-4-12(16)8-10/h5-6,8-9,12H,1-4,7H2. The fraction of sp³-hybridized carbons (Fsp3) is 0.429. The fourth-order valence-corrected chi connectivity index (χ4v) is 2.93. The lowest BCUT2D eigenvalue weighted by Crippen LogP contribution is -1.95. The van der Waals surface area contributed by atoms with Crippen LogP contribution in [-0.2, 0) is 6.42 Å². The molecular formula is C14H15BrClF. The Labute approximate surface area is 115 Å². The van der Waals surface area contributed by atoms with Crippen molar-refractivity contribution in [1.82, 2.24) is 0 Å². The van der Waals surface area contributed by atoms with Crippen LogP contribution < -0.4 is 0 Å². The third-order valence-corrected chi connectivity index (χ3v) is 4.01. The SMILES string of the molecule is Fc1ccc(CC2=CC(Cl)CCCC2)cc1Br. The normalized spacial score (nSPS) is 20.9. The Bertz CT molecular complexity index is 428. The van der Waals surface area contributed by atoms with E-state index in [2.05, 4.69) is 22.0 Å². The van der Waals surface area contributed by atoms with Gasteiger partial charge in [-0.25, -0.2) is 4.39 Å². The summed E-state index contributed by atoms with van der Waals surface area (Å²) in [5.41, 5.74) is 2.51. The molecule has 0 aliphatic heterocycles. The van der Waals surface area contributed by atoms with Crippen LogP contribution in [0.3, 0.4) is 0 Å². The number of benzene rings is 1. The number of hydrogen-bond donors (Lipinski definition) is 0. The number of rotatable bonds is 2. The summed E-state index contributed by atoms with van der Waals surface area (Å²) in [6.07, 6.45) is 7.63. The van der Waals surface area contributed by atoms with Gasteiger partial charge in [-0.15, -0.1) is 11.6 Å². The van der Waals surface area contributed by atoms with Crippen LogP contribution in [0, 0.1) is 5.82 Å². The number of hydrogen-bond acceptors (Lipinski definition) is 0. The van der Waals surface area contributed by atoms with Crippen LogP contribution in [0.15, 0.2) is 34.3 Å². The molecule has 3 heteroatoms. The maximum absolute atomic E-state index is 13.1. The van der Waals surface area contributed by atoms with E-state index in [9.17, 15) is 4.39 Å². The van der Waals surface area contributed by atoms with Crippen LogP contribution in [-0.4, -0.2) is 5.38 Å². The molecule has 0 saturated heterocycles. The number of halogens is 3. The van der Waals surface area contributed by atoms with Crippen LogP contribution in [0.2, 0.25) is 0 Å². The van der Waals surface area contributed by atoms with Crippen molar-refractivity contribution in [2.24, 2.45) is 0 Å². The molecule has 0 N–H and O–H groups in total.